The molecule has 2 heteroatoms. The van der Waals surface area contributed by atoms with Gasteiger partial charge in [-0.25, -0.2) is 0 Å². The number of fused-ring (bicyclic) bond motifs is 1. The van der Waals surface area contributed by atoms with E-state index in [2.05, 4.69) is 99.4 Å². The van der Waals surface area contributed by atoms with Crippen LogP contribution in [0, 0.1) is 0 Å². The summed E-state index contributed by atoms with van der Waals surface area (Å²) < 4.78 is 3.42. The van der Waals surface area contributed by atoms with Gasteiger partial charge in [0.25, 0.3) is 0 Å². The lowest BCUT2D eigenvalue weighted by Crippen LogP contribution is -1.96. The van der Waals surface area contributed by atoms with E-state index in [0.717, 1.165) is 4.47 Å². The summed E-state index contributed by atoms with van der Waals surface area (Å²) in [7, 11) is 0. The Hall–Kier alpha value is -2.32. The first-order valence-corrected chi connectivity index (χ1v) is 8.04. The largest absolute Gasteiger partial charge is 0.309 e. The zero-order chi connectivity index (χ0) is 14.9. The average molecular weight is 348 g/mol. The maximum Gasteiger partial charge on any atom is 0.0540 e. The van der Waals surface area contributed by atoms with Gasteiger partial charge in [0.15, 0.2) is 0 Å². The van der Waals surface area contributed by atoms with Crippen LogP contribution in [-0.2, 0) is 0 Å². The fourth-order valence-corrected chi connectivity index (χ4v) is 3.24. The lowest BCUT2D eigenvalue weighted by atomic mass is 10.1. The lowest BCUT2D eigenvalue weighted by Gasteiger charge is -2.11. The zero-order valence-corrected chi connectivity index (χ0v) is 13.5. The first kappa shape index (κ1) is 13.4. The molecule has 0 atom stereocenters. The van der Waals surface area contributed by atoms with Crippen molar-refractivity contribution in [3.05, 3.63) is 89.4 Å². The third-order valence-electron chi connectivity index (χ3n) is 3.85. The van der Waals surface area contributed by atoms with E-state index < -0.39 is 0 Å². The van der Waals surface area contributed by atoms with Gasteiger partial charge in [0.05, 0.1) is 11.2 Å². The van der Waals surface area contributed by atoms with E-state index in [0.29, 0.717) is 0 Å². The van der Waals surface area contributed by atoms with Gasteiger partial charge in [0, 0.05) is 15.5 Å². The number of rotatable bonds is 2. The van der Waals surface area contributed by atoms with Gasteiger partial charge in [-0.1, -0.05) is 64.5 Å². The van der Waals surface area contributed by atoms with Gasteiger partial charge in [-0.2, -0.15) is 0 Å². The Labute approximate surface area is 138 Å². The molecule has 0 aliphatic heterocycles. The van der Waals surface area contributed by atoms with Gasteiger partial charge in [-0.05, 0) is 42.0 Å². The maximum absolute atomic E-state index is 3.57. The van der Waals surface area contributed by atoms with Crippen molar-refractivity contribution in [2.45, 2.75) is 0 Å². The minimum atomic E-state index is 1.10. The summed E-state index contributed by atoms with van der Waals surface area (Å²) in [4.78, 5) is 0. The Morgan fingerprint density at radius 2 is 1.36 bits per heavy atom. The molecule has 0 N–H and O–H groups in total. The van der Waals surface area contributed by atoms with Crippen LogP contribution in [0.1, 0.15) is 0 Å². The van der Waals surface area contributed by atoms with Crippen molar-refractivity contribution in [3.8, 4) is 16.9 Å². The SMILES string of the molecule is Brc1ccc2c(c1)cc(-c1ccccc1)n2-c1ccccc1. The molecule has 0 bridgehead atoms. The average Bonchev–Trinajstić information content (AvgIpc) is 2.95. The van der Waals surface area contributed by atoms with Crippen molar-refractivity contribution in [1.82, 2.24) is 4.57 Å². The van der Waals surface area contributed by atoms with E-state index in [1.807, 2.05) is 6.07 Å². The summed E-state index contributed by atoms with van der Waals surface area (Å²) >= 11 is 3.57. The molecule has 0 amide bonds. The van der Waals surface area contributed by atoms with Gasteiger partial charge >= 0.3 is 0 Å². The van der Waals surface area contributed by atoms with E-state index >= 15 is 0 Å². The molecule has 0 saturated carbocycles. The van der Waals surface area contributed by atoms with Crippen LogP contribution in [0.5, 0.6) is 0 Å². The molecule has 0 radical (unpaired) electrons. The maximum atomic E-state index is 3.57. The molecule has 0 aliphatic rings. The predicted molar refractivity (Wildman–Crippen MR) is 96.4 cm³/mol. The first-order chi connectivity index (χ1) is 10.8. The highest BCUT2D eigenvalue weighted by Gasteiger charge is 2.12. The molecule has 0 spiro atoms. The smallest absolute Gasteiger partial charge is 0.0540 e. The Kier molecular flexibility index (Phi) is 3.32. The van der Waals surface area contributed by atoms with Crippen molar-refractivity contribution in [2.75, 3.05) is 0 Å². The summed E-state index contributed by atoms with van der Waals surface area (Å²) in [5.41, 5.74) is 4.82. The first-order valence-electron chi connectivity index (χ1n) is 7.25. The fourth-order valence-electron chi connectivity index (χ4n) is 2.86. The second kappa shape index (κ2) is 5.47. The molecule has 1 heterocycles. The highest BCUT2D eigenvalue weighted by Crippen LogP contribution is 2.32. The Balaban J connectivity index is 2.07. The van der Waals surface area contributed by atoms with Crippen LogP contribution in [-0.4, -0.2) is 4.57 Å². The molecule has 0 saturated heterocycles. The van der Waals surface area contributed by atoms with E-state index in [4.69, 9.17) is 0 Å². The van der Waals surface area contributed by atoms with Crippen LogP contribution < -0.4 is 0 Å². The van der Waals surface area contributed by atoms with Crippen LogP contribution in [0.4, 0.5) is 0 Å². The molecule has 106 valence electrons. The Morgan fingerprint density at radius 1 is 0.682 bits per heavy atom. The third kappa shape index (κ3) is 2.26. The van der Waals surface area contributed by atoms with Crippen molar-refractivity contribution in [2.24, 2.45) is 0 Å². The number of nitrogens with zero attached hydrogens (tertiary/aromatic N) is 1. The summed E-state index contributed by atoms with van der Waals surface area (Å²) in [6, 6.07) is 29.7. The van der Waals surface area contributed by atoms with E-state index in [1.54, 1.807) is 0 Å². The summed E-state index contributed by atoms with van der Waals surface area (Å²) in [6.45, 7) is 0. The summed E-state index contributed by atoms with van der Waals surface area (Å²) in [6.07, 6.45) is 0. The quantitative estimate of drug-likeness (QED) is 0.415. The number of benzene rings is 3. The fraction of sp³-hybridized carbons (Fsp3) is 0. The van der Waals surface area contributed by atoms with Crippen LogP contribution in [0.2, 0.25) is 0 Å². The highest BCUT2D eigenvalue weighted by atomic mass is 79.9. The molecule has 3 aromatic carbocycles. The molecule has 1 nitrogen and oxygen atoms in total. The zero-order valence-electron chi connectivity index (χ0n) is 11.9. The van der Waals surface area contributed by atoms with Gasteiger partial charge in [-0.3, -0.25) is 0 Å². The molecule has 0 fully saturated rings. The van der Waals surface area contributed by atoms with Crippen LogP contribution in [0.3, 0.4) is 0 Å². The molecule has 4 rings (SSSR count). The van der Waals surface area contributed by atoms with Crippen LogP contribution >= 0.6 is 15.9 Å². The van der Waals surface area contributed by atoms with Crippen LogP contribution in [0.15, 0.2) is 89.4 Å². The van der Waals surface area contributed by atoms with Gasteiger partial charge in [0.1, 0.15) is 0 Å². The summed E-state index contributed by atoms with van der Waals surface area (Å²) in [5, 5.41) is 1.23. The van der Waals surface area contributed by atoms with Crippen molar-refractivity contribution >= 4 is 26.8 Å². The normalized spacial score (nSPS) is 11.0. The minimum absolute atomic E-state index is 1.10. The van der Waals surface area contributed by atoms with Crippen molar-refractivity contribution in [1.29, 1.82) is 0 Å². The minimum Gasteiger partial charge on any atom is -0.309 e. The lowest BCUT2D eigenvalue weighted by molar-refractivity contribution is 1.13. The number of hydrogen-bond donors (Lipinski definition) is 0. The monoisotopic (exact) mass is 347 g/mol. The highest BCUT2D eigenvalue weighted by molar-refractivity contribution is 9.10. The summed E-state index contributed by atoms with van der Waals surface area (Å²) in [5.74, 6) is 0. The molecule has 1 aromatic heterocycles. The molecular weight excluding hydrogens is 334 g/mol. The topological polar surface area (TPSA) is 4.93 Å². The van der Waals surface area contributed by atoms with Crippen molar-refractivity contribution < 1.29 is 0 Å². The van der Waals surface area contributed by atoms with Crippen molar-refractivity contribution in [3.63, 3.8) is 0 Å². The number of aromatic nitrogens is 1. The van der Waals surface area contributed by atoms with Crippen LogP contribution in [0.25, 0.3) is 27.8 Å². The Morgan fingerprint density at radius 3 is 2.09 bits per heavy atom. The van der Waals surface area contributed by atoms with Gasteiger partial charge in [0.2, 0.25) is 0 Å². The van der Waals surface area contributed by atoms with Gasteiger partial charge in [-0.15, -0.1) is 0 Å². The molecule has 0 aliphatic carbocycles. The molecule has 0 unspecified atom stereocenters. The number of halogens is 1. The second-order valence-electron chi connectivity index (χ2n) is 5.27. The standard InChI is InChI=1S/C20H14BrN/c21-17-11-12-19-16(13-17)14-20(15-7-3-1-4-8-15)22(19)18-9-5-2-6-10-18/h1-14H. The Bertz CT molecular complexity index is 924. The molecule has 22 heavy (non-hydrogen) atoms. The number of hydrogen-bond acceptors (Lipinski definition) is 0. The third-order valence-corrected chi connectivity index (χ3v) is 4.34. The van der Waals surface area contributed by atoms with Gasteiger partial charge < -0.3 is 4.57 Å². The number of para-hydroxylation sites is 1. The second-order valence-corrected chi connectivity index (χ2v) is 6.19. The van der Waals surface area contributed by atoms with E-state index in [9.17, 15) is 0 Å². The van der Waals surface area contributed by atoms with E-state index in [-0.39, 0.29) is 0 Å². The van der Waals surface area contributed by atoms with E-state index in [1.165, 1.54) is 27.8 Å². The molecule has 4 aromatic rings. The molecular formula is C20H14BrN. The predicted octanol–water partition coefficient (Wildman–Crippen LogP) is 6.06.